The van der Waals surface area contributed by atoms with Gasteiger partial charge >= 0.3 is 0 Å². The van der Waals surface area contributed by atoms with E-state index in [9.17, 15) is 9.90 Å². The zero-order valence-corrected chi connectivity index (χ0v) is 12.5. The largest absolute Gasteiger partial charge is 0.395 e. The molecule has 4 nitrogen and oxygen atoms in total. The van der Waals surface area contributed by atoms with Crippen LogP contribution in [-0.4, -0.2) is 41.7 Å². The van der Waals surface area contributed by atoms with Crippen molar-refractivity contribution in [1.29, 1.82) is 0 Å². The summed E-state index contributed by atoms with van der Waals surface area (Å²) in [5.74, 6) is 0.857. The zero-order chi connectivity index (χ0) is 14.3. The molecule has 0 aromatic carbocycles. The number of nitrogens with two attached hydrogens (primary N) is 1. The summed E-state index contributed by atoms with van der Waals surface area (Å²) in [6, 6.07) is 0.262. The van der Waals surface area contributed by atoms with Crippen LogP contribution in [0, 0.1) is 11.8 Å². The third-order valence-electron chi connectivity index (χ3n) is 4.47. The maximum atomic E-state index is 12.7. The van der Waals surface area contributed by atoms with Crippen LogP contribution in [0.25, 0.3) is 0 Å². The highest BCUT2D eigenvalue weighted by molar-refractivity contribution is 5.79. The molecule has 0 aromatic rings. The summed E-state index contributed by atoms with van der Waals surface area (Å²) in [6.45, 7) is 5.42. The van der Waals surface area contributed by atoms with Gasteiger partial charge in [0, 0.05) is 18.5 Å². The monoisotopic (exact) mass is 270 g/mol. The number of hydrogen-bond acceptors (Lipinski definition) is 3. The van der Waals surface area contributed by atoms with Crippen LogP contribution in [0.15, 0.2) is 0 Å². The zero-order valence-electron chi connectivity index (χ0n) is 12.5. The third kappa shape index (κ3) is 4.46. The van der Waals surface area contributed by atoms with Crippen LogP contribution in [0.2, 0.25) is 0 Å². The molecule has 0 heterocycles. The highest BCUT2D eigenvalue weighted by atomic mass is 16.3. The molecule has 1 aliphatic carbocycles. The topological polar surface area (TPSA) is 66.6 Å². The van der Waals surface area contributed by atoms with E-state index in [1.54, 1.807) is 0 Å². The first-order valence-corrected chi connectivity index (χ1v) is 7.79. The second-order valence-electron chi connectivity index (χ2n) is 5.69. The van der Waals surface area contributed by atoms with Crippen LogP contribution >= 0.6 is 0 Å². The van der Waals surface area contributed by atoms with Crippen LogP contribution in [0.3, 0.4) is 0 Å². The maximum Gasteiger partial charge on any atom is 0.226 e. The van der Waals surface area contributed by atoms with E-state index in [2.05, 4.69) is 13.8 Å². The Labute approximate surface area is 117 Å². The van der Waals surface area contributed by atoms with Crippen molar-refractivity contribution in [2.75, 3.05) is 19.7 Å². The molecule has 1 saturated carbocycles. The quantitative estimate of drug-likeness (QED) is 0.741. The molecule has 112 valence electrons. The smallest absolute Gasteiger partial charge is 0.226 e. The van der Waals surface area contributed by atoms with Gasteiger partial charge in [0.1, 0.15) is 0 Å². The predicted molar refractivity (Wildman–Crippen MR) is 77.7 cm³/mol. The van der Waals surface area contributed by atoms with E-state index in [0.29, 0.717) is 19.0 Å². The number of nitrogens with zero attached hydrogens (tertiary/aromatic N) is 1. The van der Waals surface area contributed by atoms with E-state index in [4.69, 9.17) is 5.73 Å². The van der Waals surface area contributed by atoms with E-state index < -0.39 is 0 Å². The highest BCUT2D eigenvalue weighted by Crippen LogP contribution is 2.30. The van der Waals surface area contributed by atoms with Crippen LogP contribution in [-0.2, 0) is 4.79 Å². The fourth-order valence-corrected chi connectivity index (χ4v) is 3.27. The summed E-state index contributed by atoms with van der Waals surface area (Å²) in [5, 5.41) is 9.21. The molecule has 1 fully saturated rings. The lowest BCUT2D eigenvalue weighted by Gasteiger charge is -2.36. The molecule has 2 atom stereocenters. The van der Waals surface area contributed by atoms with Gasteiger partial charge in [-0.2, -0.15) is 0 Å². The molecule has 0 spiro atoms. The van der Waals surface area contributed by atoms with Gasteiger partial charge in [0.2, 0.25) is 5.91 Å². The Bertz CT molecular complexity index is 267. The number of rotatable bonds is 7. The summed E-state index contributed by atoms with van der Waals surface area (Å²) in [6.07, 6.45) is 6.08. The molecule has 4 heteroatoms. The average molecular weight is 270 g/mol. The van der Waals surface area contributed by atoms with Crippen molar-refractivity contribution >= 4 is 5.91 Å². The lowest BCUT2D eigenvalue weighted by atomic mass is 9.80. The predicted octanol–water partition coefficient (Wildman–Crippen LogP) is 1.76. The van der Waals surface area contributed by atoms with Crippen molar-refractivity contribution in [1.82, 2.24) is 4.90 Å². The van der Waals surface area contributed by atoms with Crippen molar-refractivity contribution in [3.63, 3.8) is 0 Å². The van der Waals surface area contributed by atoms with Crippen molar-refractivity contribution in [2.45, 2.75) is 58.4 Å². The molecular weight excluding hydrogens is 240 g/mol. The van der Waals surface area contributed by atoms with Crippen molar-refractivity contribution in [3.05, 3.63) is 0 Å². The van der Waals surface area contributed by atoms with E-state index in [0.717, 1.165) is 38.5 Å². The Hall–Kier alpha value is -0.610. The van der Waals surface area contributed by atoms with Gasteiger partial charge < -0.3 is 15.7 Å². The minimum absolute atomic E-state index is 0.0509. The van der Waals surface area contributed by atoms with Crippen molar-refractivity contribution in [2.24, 2.45) is 17.6 Å². The minimum atomic E-state index is 0.0509. The van der Waals surface area contributed by atoms with Gasteiger partial charge in [-0.15, -0.1) is 0 Å². The molecule has 1 aliphatic rings. The molecule has 3 N–H and O–H groups in total. The van der Waals surface area contributed by atoms with Crippen LogP contribution in [0.1, 0.15) is 52.4 Å². The van der Waals surface area contributed by atoms with Gasteiger partial charge in [-0.1, -0.05) is 20.3 Å². The molecular formula is C15H30N2O2. The first-order chi connectivity index (χ1) is 9.17. The van der Waals surface area contributed by atoms with Crippen molar-refractivity contribution < 1.29 is 9.90 Å². The molecule has 19 heavy (non-hydrogen) atoms. The molecule has 0 bridgehead atoms. The Morgan fingerprint density at radius 3 is 2.58 bits per heavy atom. The molecule has 0 saturated heterocycles. The Morgan fingerprint density at radius 1 is 1.37 bits per heavy atom. The van der Waals surface area contributed by atoms with Crippen molar-refractivity contribution in [3.8, 4) is 0 Å². The SMILES string of the molecule is CCC(CC)N(CCO)C(=O)C1CCCC(CN)C1. The molecule has 0 aliphatic heterocycles. The van der Waals surface area contributed by atoms with Crippen LogP contribution in [0.5, 0.6) is 0 Å². The second-order valence-corrected chi connectivity index (χ2v) is 5.69. The van der Waals surface area contributed by atoms with Gasteiger partial charge in [0.15, 0.2) is 0 Å². The molecule has 0 aromatic heterocycles. The first kappa shape index (κ1) is 16.4. The fraction of sp³-hybridized carbons (Fsp3) is 0.933. The standard InChI is InChI=1S/C15H30N2O2/c1-3-14(4-2)17(8-9-18)15(19)13-7-5-6-12(10-13)11-16/h12-14,18H,3-11,16H2,1-2H3. The van der Waals surface area contributed by atoms with Gasteiger partial charge in [-0.3, -0.25) is 4.79 Å². The van der Waals surface area contributed by atoms with E-state index in [-0.39, 0.29) is 24.5 Å². The normalized spacial score (nSPS) is 23.6. The number of carbonyl (C=O) groups excluding carboxylic acids is 1. The fourth-order valence-electron chi connectivity index (χ4n) is 3.27. The second kappa shape index (κ2) is 8.54. The van der Waals surface area contributed by atoms with E-state index in [1.807, 2.05) is 4.90 Å². The average Bonchev–Trinajstić information content (AvgIpc) is 2.47. The van der Waals surface area contributed by atoms with Crippen LogP contribution < -0.4 is 5.73 Å². The summed E-state index contributed by atoms with van der Waals surface area (Å²) in [4.78, 5) is 14.6. The Kier molecular flexibility index (Phi) is 7.39. The molecule has 0 radical (unpaired) electrons. The Morgan fingerprint density at radius 2 is 2.05 bits per heavy atom. The molecule has 2 unspecified atom stereocenters. The lowest BCUT2D eigenvalue weighted by Crippen LogP contribution is -2.46. The van der Waals surface area contributed by atoms with Gasteiger partial charge in [-0.05, 0) is 44.6 Å². The van der Waals surface area contributed by atoms with Gasteiger partial charge in [0.25, 0.3) is 0 Å². The maximum absolute atomic E-state index is 12.7. The number of aliphatic hydroxyl groups excluding tert-OH is 1. The molecule has 1 rings (SSSR count). The summed E-state index contributed by atoms with van der Waals surface area (Å²) < 4.78 is 0. The molecule has 1 amide bonds. The van der Waals surface area contributed by atoms with E-state index >= 15 is 0 Å². The van der Waals surface area contributed by atoms with E-state index in [1.165, 1.54) is 0 Å². The summed E-state index contributed by atoms with van der Waals surface area (Å²) in [7, 11) is 0. The van der Waals surface area contributed by atoms with Gasteiger partial charge in [0.05, 0.1) is 6.61 Å². The summed E-state index contributed by atoms with van der Waals surface area (Å²) >= 11 is 0. The minimum Gasteiger partial charge on any atom is -0.395 e. The number of hydrogen-bond donors (Lipinski definition) is 2. The number of amides is 1. The Balaban J connectivity index is 2.69. The summed E-state index contributed by atoms with van der Waals surface area (Å²) in [5.41, 5.74) is 5.75. The lowest BCUT2D eigenvalue weighted by molar-refractivity contribution is -0.140. The van der Waals surface area contributed by atoms with Crippen LogP contribution in [0.4, 0.5) is 0 Å². The first-order valence-electron chi connectivity index (χ1n) is 7.79. The highest BCUT2D eigenvalue weighted by Gasteiger charge is 2.31. The van der Waals surface area contributed by atoms with Gasteiger partial charge in [-0.25, -0.2) is 0 Å². The number of aliphatic hydroxyl groups is 1. The third-order valence-corrected chi connectivity index (χ3v) is 4.47. The number of carbonyl (C=O) groups is 1.